The van der Waals surface area contributed by atoms with Crippen molar-refractivity contribution in [3.05, 3.63) is 11.8 Å². The van der Waals surface area contributed by atoms with E-state index in [-0.39, 0.29) is 6.10 Å². The summed E-state index contributed by atoms with van der Waals surface area (Å²) in [5.74, 6) is 1.22. The molecule has 5 heteroatoms. The highest BCUT2D eigenvalue weighted by atomic mass is 16.5. The second-order valence-corrected chi connectivity index (χ2v) is 3.54. The Kier molecular flexibility index (Phi) is 3.01. The number of ether oxygens (including phenoxy) is 2. The monoisotopic (exact) mass is 209 g/mol. The number of hydrogen-bond donors (Lipinski definition) is 1. The van der Waals surface area contributed by atoms with Gasteiger partial charge in [-0.25, -0.2) is 4.98 Å². The van der Waals surface area contributed by atoms with E-state index in [1.807, 2.05) is 6.92 Å². The number of hydrogen-bond acceptors (Lipinski definition) is 5. The van der Waals surface area contributed by atoms with Gasteiger partial charge in [0.25, 0.3) is 0 Å². The molecule has 2 rings (SSSR count). The third-order valence-corrected chi connectivity index (χ3v) is 2.32. The van der Waals surface area contributed by atoms with Gasteiger partial charge in [-0.2, -0.15) is 4.98 Å². The molecule has 0 aliphatic carbocycles. The number of rotatable bonds is 3. The number of aryl methyl sites for hydroxylation is 1. The second kappa shape index (κ2) is 4.44. The minimum absolute atomic E-state index is 0.128. The van der Waals surface area contributed by atoms with Crippen molar-refractivity contribution < 1.29 is 9.47 Å². The molecule has 1 fully saturated rings. The summed E-state index contributed by atoms with van der Waals surface area (Å²) in [6, 6.07) is 0. The summed E-state index contributed by atoms with van der Waals surface area (Å²) in [5.41, 5.74) is 0.945. The van der Waals surface area contributed by atoms with Crippen LogP contribution in [0, 0.1) is 6.92 Å². The molecule has 1 aliphatic rings. The first-order valence-corrected chi connectivity index (χ1v) is 5.05. The molecule has 0 amide bonds. The number of nitrogens with zero attached hydrogens (tertiary/aromatic N) is 2. The van der Waals surface area contributed by atoms with E-state index < -0.39 is 0 Å². The van der Waals surface area contributed by atoms with E-state index in [1.165, 1.54) is 0 Å². The Morgan fingerprint density at radius 3 is 3.13 bits per heavy atom. The van der Waals surface area contributed by atoms with Gasteiger partial charge >= 0.3 is 0 Å². The van der Waals surface area contributed by atoms with Crippen molar-refractivity contribution in [2.45, 2.75) is 19.4 Å². The van der Waals surface area contributed by atoms with E-state index in [0.29, 0.717) is 18.4 Å². The van der Waals surface area contributed by atoms with Crippen LogP contribution < -0.4 is 10.1 Å². The van der Waals surface area contributed by atoms with Gasteiger partial charge in [0.1, 0.15) is 6.10 Å². The maximum atomic E-state index is 5.73. The molecule has 1 atom stereocenters. The topological polar surface area (TPSA) is 56.3 Å². The van der Waals surface area contributed by atoms with Crippen molar-refractivity contribution in [2.24, 2.45) is 0 Å². The largest absolute Gasteiger partial charge is 0.471 e. The van der Waals surface area contributed by atoms with Gasteiger partial charge in [0.15, 0.2) is 0 Å². The molecule has 0 bridgehead atoms. The predicted molar refractivity (Wildman–Crippen MR) is 56.2 cm³/mol. The Bertz CT molecular complexity index is 337. The molecule has 1 aliphatic heterocycles. The minimum atomic E-state index is 0.128. The highest BCUT2D eigenvalue weighted by molar-refractivity contribution is 5.31. The van der Waals surface area contributed by atoms with Crippen molar-refractivity contribution in [1.82, 2.24) is 9.97 Å². The number of aromatic nitrogens is 2. The van der Waals surface area contributed by atoms with Crippen molar-refractivity contribution in [2.75, 3.05) is 25.6 Å². The third-order valence-electron chi connectivity index (χ3n) is 2.32. The molecule has 1 unspecified atom stereocenters. The van der Waals surface area contributed by atoms with Crippen molar-refractivity contribution in [3.8, 4) is 5.88 Å². The first kappa shape index (κ1) is 10.2. The zero-order valence-electron chi connectivity index (χ0n) is 8.99. The Labute approximate surface area is 88.8 Å². The van der Waals surface area contributed by atoms with Gasteiger partial charge < -0.3 is 14.8 Å². The molecule has 82 valence electrons. The smallest absolute Gasteiger partial charge is 0.225 e. The van der Waals surface area contributed by atoms with E-state index in [2.05, 4.69) is 15.3 Å². The third kappa shape index (κ3) is 2.36. The van der Waals surface area contributed by atoms with Crippen LogP contribution >= 0.6 is 0 Å². The SMILES string of the molecule is CNc1ncc(C)c(OC2CCOC2)n1. The first-order chi connectivity index (χ1) is 7.29. The fraction of sp³-hybridized carbons (Fsp3) is 0.600. The van der Waals surface area contributed by atoms with E-state index in [0.717, 1.165) is 18.6 Å². The predicted octanol–water partition coefficient (Wildman–Crippen LogP) is 0.994. The second-order valence-electron chi connectivity index (χ2n) is 3.54. The van der Waals surface area contributed by atoms with Gasteiger partial charge in [-0.15, -0.1) is 0 Å². The Hall–Kier alpha value is -1.36. The molecule has 1 N–H and O–H groups in total. The summed E-state index contributed by atoms with van der Waals surface area (Å²) in [6.07, 6.45) is 2.81. The molecule has 5 nitrogen and oxygen atoms in total. The highest BCUT2D eigenvalue weighted by Crippen LogP contribution is 2.19. The quantitative estimate of drug-likeness (QED) is 0.804. The van der Waals surface area contributed by atoms with Crippen LogP contribution in [0.15, 0.2) is 6.20 Å². The summed E-state index contributed by atoms with van der Waals surface area (Å²) >= 11 is 0. The molecule has 1 aromatic rings. The summed E-state index contributed by atoms with van der Waals surface area (Å²) in [6.45, 7) is 3.36. The summed E-state index contributed by atoms with van der Waals surface area (Å²) in [5, 5.41) is 2.89. The summed E-state index contributed by atoms with van der Waals surface area (Å²) in [4.78, 5) is 8.35. The normalized spacial score (nSPS) is 20.3. The zero-order chi connectivity index (χ0) is 10.7. The van der Waals surface area contributed by atoms with Crippen LogP contribution in [-0.4, -0.2) is 36.3 Å². The van der Waals surface area contributed by atoms with Gasteiger partial charge in [0, 0.05) is 25.2 Å². The Balaban J connectivity index is 2.11. The van der Waals surface area contributed by atoms with Crippen molar-refractivity contribution in [1.29, 1.82) is 0 Å². The molecule has 1 aromatic heterocycles. The lowest BCUT2D eigenvalue weighted by Crippen LogP contribution is -2.17. The van der Waals surface area contributed by atoms with Crippen LogP contribution in [0.25, 0.3) is 0 Å². The lowest BCUT2D eigenvalue weighted by molar-refractivity contribution is 0.137. The molecule has 2 heterocycles. The maximum absolute atomic E-state index is 5.73. The first-order valence-electron chi connectivity index (χ1n) is 5.05. The molecule has 1 saturated heterocycles. The van der Waals surface area contributed by atoms with Crippen LogP contribution in [0.2, 0.25) is 0 Å². The maximum Gasteiger partial charge on any atom is 0.225 e. The summed E-state index contributed by atoms with van der Waals surface area (Å²) in [7, 11) is 1.78. The van der Waals surface area contributed by atoms with Gasteiger partial charge in [-0.1, -0.05) is 0 Å². The highest BCUT2D eigenvalue weighted by Gasteiger charge is 2.18. The molecule has 15 heavy (non-hydrogen) atoms. The number of nitrogens with one attached hydrogen (secondary N) is 1. The van der Waals surface area contributed by atoms with Crippen molar-refractivity contribution >= 4 is 5.95 Å². The lowest BCUT2D eigenvalue weighted by atomic mass is 10.3. The molecule has 0 radical (unpaired) electrons. The summed E-state index contributed by atoms with van der Waals surface area (Å²) < 4.78 is 11.0. The standard InChI is InChI=1S/C10H15N3O2/c1-7-5-12-10(11-2)13-9(7)15-8-3-4-14-6-8/h5,8H,3-4,6H2,1-2H3,(H,11,12,13). The minimum Gasteiger partial charge on any atom is -0.471 e. The fourth-order valence-corrected chi connectivity index (χ4v) is 1.43. The van der Waals surface area contributed by atoms with Gasteiger partial charge in [0.05, 0.1) is 13.2 Å². The van der Waals surface area contributed by atoms with Crippen LogP contribution in [0.1, 0.15) is 12.0 Å². The Morgan fingerprint density at radius 1 is 1.60 bits per heavy atom. The van der Waals surface area contributed by atoms with Crippen LogP contribution in [-0.2, 0) is 4.74 Å². The molecule has 0 aromatic carbocycles. The average Bonchev–Trinajstić information content (AvgIpc) is 2.74. The van der Waals surface area contributed by atoms with E-state index >= 15 is 0 Å². The lowest BCUT2D eigenvalue weighted by Gasteiger charge is -2.13. The van der Waals surface area contributed by atoms with Crippen LogP contribution in [0.4, 0.5) is 5.95 Å². The average molecular weight is 209 g/mol. The molecule has 0 saturated carbocycles. The molecule has 0 spiro atoms. The van der Waals surface area contributed by atoms with Crippen LogP contribution in [0.3, 0.4) is 0 Å². The van der Waals surface area contributed by atoms with Gasteiger partial charge in [0.2, 0.25) is 11.8 Å². The molecular weight excluding hydrogens is 194 g/mol. The van der Waals surface area contributed by atoms with Gasteiger partial charge in [-0.05, 0) is 6.92 Å². The zero-order valence-corrected chi connectivity index (χ0v) is 8.99. The van der Waals surface area contributed by atoms with Crippen LogP contribution in [0.5, 0.6) is 5.88 Å². The van der Waals surface area contributed by atoms with Crippen molar-refractivity contribution in [3.63, 3.8) is 0 Å². The van der Waals surface area contributed by atoms with E-state index in [1.54, 1.807) is 13.2 Å². The van der Waals surface area contributed by atoms with E-state index in [9.17, 15) is 0 Å². The fourth-order valence-electron chi connectivity index (χ4n) is 1.43. The molecular formula is C10H15N3O2. The van der Waals surface area contributed by atoms with E-state index in [4.69, 9.17) is 9.47 Å². The Morgan fingerprint density at radius 2 is 2.47 bits per heavy atom. The number of anilines is 1. The van der Waals surface area contributed by atoms with Gasteiger partial charge in [-0.3, -0.25) is 0 Å².